The van der Waals surface area contributed by atoms with Crippen LogP contribution in [0.1, 0.15) is 29.9 Å². The Morgan fingerprint density at radius 1 is 1.60 bits per heavy atom. The number of nitrogens with zero attached hydrogens (tertiary/aromatic N) is 2. The van der Waals surface area contributed by atoms with Crippen molar-refractivity contribution in [3.63, 3.8) is 0 Å². The molecule has 0 unspecified atom stereocenters. The van der Waals surface area contributed by atoms with Crippen molar-refractivity contribution in [2.24, 2.45) is 7.05 Å². The van der Waals surface area contributed by atoms with Crippen LogP contribution < -0.4 is 5.32 Å². The molecular formula is C10H17N3O2. The topological polar surface area (TPSA) is 56.2 Å². The first kappa shape index (κ1) is 11.7. The van der Waals surface area contributed by atoms with Gasteiger partial charge in [-0.15, -0.1) is 0 Å². The predicted molar refractivity (Wildman–Crippen MR) is 56.6 cm³/mol. The van der Waals surface area contributed by atoms with Crippen LogP contribution >= 0.6 is 0 Å². The molecule has 0 saturated heterocycles. The third-order valence-corrected chi connectivity index (χ3v) is 2.51. The molecule has 0 atom stereocenters. The largest absolute Gasteiger partial charge is 0.464 e. The summed E-state index contributed by atoms with van der Waals surface area (Å²) in [6.07, 6.45) is 1.82. The molecular weight excluding hydrogens is 194 g/mol. The molecule has 1 aromatic heterocycles. The SMILES string of the molecule is CNC(C)(C)c1cn(C)nc1C(=O)OC. The fourth-order valence-corrected chi connectivity index (χ4v) is 1.33. The first-order valence-corrected chi connectivity index (χ1v) is 4.73. The van der Waals surface area contributed by atoms with Gasteiger partial charge in [-0.3, -0.25) is 4.68 Å². The van der Waals surface area contributed by atoms with Gasteiger partial charge in [0, 0.05) is 24.3 Å². The van der Waals surface area contributed by atoms with Crippen molar-refractivity contribution in [1.29, 1.82) is 0 Å². The molecule has 0 bridgehead atoms. The Morgan fingerprint density at radius 2 is 2.20 bits per heavy atom. The number of aromatic nitrogens is 2. The summed E-state index contributed by atoms with van der Waals surface area (Å²) in [5.41, 5.74) is 0.885. The number of carbonyl (C=O) groups excluding carboxylic acids is 1. The van der Waals surface area contributed by atoms with Crippen LogP contribution in [0.3, 0.4) is 0 Å². The standard InChI is InChI=1S/C10H17N3O2/c1-10(2,11-3)7-6-13(4)12-8(7)9(14)15-5/h6,11H,1-5H3. The second-order valence-corrected chi connectivity index (χ2v) is 3.93. The smallest absolute Gasteiger partial charge is 0.358 e. The lowest BCUT2D eigenvalue weighted by Crippen LogP contribution is -2.34. The highest BCUT2D eigenvalue weighted by molar-refractivity contribution is 5.89. The van der Waals surface area contributed by atoms with Crippen molar-refractivity contribution in [3.8, 4) is 0 Å². The van der Waals surface area contributed by atoms with E-state index < -0.39 is 5.97 Å². The van der Waals surface area contributed by atoms with Crippen molar-refractivity contribution in [2.45, 2.75) is 19.4 Å². The summed E-state index contributed by atoms with van der Waals surface area (Å²) in [5, 5.41) is 7.23. The molecule has 84 valence electrons. The number of esters is 1. The highest BCUT2D eigenvalue weighted by atomic mass is 16.5. The first-order chi connectivity index (χ1) is 6.92. The molecule has 1 N–H and O–H groups in total. The van der Waals surface area contributed by atoms with E-state index >= 15 is 0 Å². The van der Waals surface area contributed by atoms with Crippen LogP contribution in [0, 0.1) is 0 Å². The maximum atomic E-state index is 11.5. The van der Waals surface area contributed by atoms with Gasteiger partial charge in [0.05, 0.1) is 7.11 Å². The summed E-state index contributed by atoms with van der Waals surface area (Å²) in [6.45, 7) is 3.97. The number of methoxy groups -OCH3 is 1. The minimum Gasteiger partial charge on any atom is -0.464 e. The molecule has 0 amide bonds. The zero-order valence-electron chi connectivity index (χ0n) is 9.79. The number of aryl methyl sites for hydroxylation is 1. The summed E-state index contributed by atoms with van der Waals surface area (Å²) in [4.78, 5) is 11.5. The quantitative estimate of drug-likeness (QED) is 0.746. The Bertz CT molecular complexity index is 369. The van der Waals surface area contributed by atoms with Gasteiger partial charge in [-0.1, -0.05) is 0 Å². The van der Waals surface area contributed by atoms with Gasteiger partial charge in [0.25, 0.3) is 0 Å². The van der Waals surface area contributed by atoms with E-state index in [0.29, 0.717) is 5.69 Å². The number of rotatable bonds is 3. The van der Waals surface area contributed by atoms with Gasteiger partial charge in [0.15, 0.2) is 5.69 Å². The lowest BCUT2D eigenvalue weighted by Gasteiger charge is -2.23. The molecule has 1 aromatic rings. The van der Waals surface area contributed by atoms with E-state index in [-0.39, 0.29) is 5.54 Å². The summed E-state index contributed by atoms with van der Waals surface area (Å²) in [6, 6.07) is 0. The molecule has 0 fully saturated rings. The van der Waals surface area contributed by atoms with Crippen molar-refractivity contribution < 1.29 is 9.53 Å². The Kier molecular flexibility index (Phi) is 3.14. The lowest BCUT2D eigenvalue weighted by molar-refractivity contribution is 0.0590. The molecule has 0 aromatic carbocycles. The summed E-state index contributed by atoms with van der Waals surface area (Å²) >= 11 is 0. The molecule has 0 aliphatic heterocycles. The second kappa shape index (κ2) is 4.02. The van der Waals surface area contributed by atoms with Crippen molar-refractivity contribution in [2.75, 3.05) is 14.2 Å². The Hall–Kier alpha value is -1.36. The van der Waals surface area contributed by atoms with Crippen LogP contribution in [0.5, 0.6) is 0 Å². The third-order valence-electron chi connectivity index (χ3n) is 2.51. The highest BCUT2D eigenvalue weighted by Gasteiger charge is 2.28. The molecule has 5 nitrogen and oxygen atoms in total. The summed E-state index contributed by atoms with van der Waals surface area (Å²) in [7, 11) is 4.98. The van der Waals surface area contributed by atoms with Crippen LogP contribution in [-0.4, -0.2) is 29.9 Å². The van der Waals surface area contributed by atoms with Gasteiger partial charge in [-0.2, -0.15) is 5.10 Å². The van der Waals surface area contributed by atoms with Crippen LogP contribution in [0.2, 0.25) is 0 Å². The van der Waals surface area contributed by atoms with Crippen molar-refractivity contribution in [3.05, 3.63) is 17.5 Å². The van der Waals surface area contributed by atoms with E-state index in [0.717, 1.165) is 5.56 Å². The predicted octanol–water partition coefficient (Wildman–Crippen LogP) is 0.661. The van der Waals surface area contributed by atoms with Crippen LogP contribution in [0.25, 0.3) is 0 Å². The zero-order valence-corrected chi connectivity index (χ0v) is 9.79. The van der Waals surface area contributed by atoms with Gasteiger partial charge in [-0.25, -0.2) is 4.79 Å². The molecule has 0 spiro atoms. The van der Waals surface area contributed by atoms with Gasteiger partial charge >= 0.3 is 5.97 Å². The molecule has 0 aliphatic carbocycles. The molecule has 1 rings (SSSR count). The molecule has 0 saturated carbocycles. The molecule has 15 heavy (non-hydrogen) atoms. The van der Waals surface area contributed by atoms with Crippen molar-refractivity contribution >= 4 is 5.97 Å². The number of nitrogens with one attached hydrogen (secondary N) is 1. The second-order valence-electron chi connectivity index (χ2n) is 3.93. The Morgan fingerprint density at radius 3 is 2.67 bits per heavy atom. The maximum absolute atomic E-state index is 11.5. The maximum Gasteiger partial charge on any atom is 0.358 e. The van der Waals surface area contributed by atoms with E-state index in [1.807, 2.05) is 27.1 Å². The zero-order chi connectivity index (χ0) is 11.6. The van der Waals surface area contributed by atoms with Gasteiger partial charge in [0.2, 0.25) is 0 Å². The number of hydrogen-bond donors (Lipinski definition) is 1. The fourth-order valence-electron chi connectivity index (χ4n) is 1.33. The van der Waals surface area contributed by atoms with E-state index in [2.05, 4.69) is 15.2 Å². The van der Waals surface area contributed by atoms with Gasteiger partial charge in [0.1, 0.15) is 0 Å². The minimum atomic E-state index is -0.408. The number of ether oxygens (including phenoxy) is 1. The van der Waals surface area contributed by atoms with Crippen LogP contribution in [0.15, 0.2) is 6.20 Å². The lowest BCUT2D eigenvalue weighted by atomic mass is 9.95. The third kappa shape index (κ3) is 2.18. The normalized spacial score (nSPS) is 11.5. The monoisotopic (exact) mass is 211 g/mol. The Balaban J connectivity index is 3.23. The molecule has 0 aliphatic rings. The van der Waals surface area contributed by atoms with Crippen molar-refractivity contribution in [1.82, 2.24) is 15.1 Å². The minimum absolute atomic E-state index is 0.308. The Labute approximate surface area is 89.4 Å². The first-order valence-electron chi connectivity index (χ1n) is 4.73. The van der Waals surface area contributed by atoms with Gasteiger partial charge < -0.3 is 10.1 Å². The number of carbonyl (C=O) groups is 1. The molecule has 5 heteroatoms. The average Bonchev–Trinajstić information content (AvgIpc) is 2.60. The van der Waals surface area contributed by atoms with E-state index in [4.69, 9.17) is 0 Å². The van der Waals surface area contributed by atoms with Crippen LogP contribution in [-0.2, 0) is 17.3 Å². The van der Waals surface area contributed by atoms with Crippen LogP contribution in [0.4, 0.5) is 0 Å². The summed E-state index contributed by atoms with van der Waals surface area (Å²) < 4.78 is 6.30. The molecule has 1 heterocycles. The fraction of sp³-hybridized carbons (Fsp3) is 0.600. The van der Waals surface area contributed by atoms with E-state index in [9.17, 15) is 4.79 Å². The van der Waals surface area contributed by atoms with E-state index in [1.54, 1.807) is 11.7 Å². The summed E-state index contributed by atoms with van der Waals surface area (Å²) in [5.74, 6) is -0.408. The van der Waals surface area contributed by atoms with E-state index in [1.165, 1.54) is 7.11 Å². The van der Waals surface area contributed by atoms with Gasteiger partial charge in [-0.05, 0) is 20.9 Å². The highest BCUT2D eigenvalue weighted by Crippen LogP contribution is 2.22. The molecule has 0 radical (unpaired) electrons. The number of hydrogen-bond acceptors (Lipinski definition) is 4. The average molecular weight is 211 g/mol.